The van der Waals surface area contributed by atoms with Crippen molar-refractivity contribution in [3.05, 3.63) is 152 Å². The standard InChI is InChI=1S/2C16H13NO4/c2*1-21-15-8-5-12(6-9-15)7-10-16(18)13-3-2-4-14(11-13)17(19)20/h2*2-11H,1H3/b2*10-7+. The zero-order valence-corrected chi connectivity index (χ0v) is 22.7. The lowest BCUT2D eigenvalue weighted by Gasteiger charge is -1.99. The van der Waals surface area contributed by atoms with E-state index in [-0.39, 0.29) is 34.1 Å². The number of nitro benzene ring substituents is 2. The summed E-state index contributed by atoms with van der Waals surface area (Å²) in [4.78, 5) is 44.3. The van der Waals surface area contributed by atoms with Crippen LogP contribution in [0.1, 0.15) is 31.8 Å². The summed E-state index contributed by atoms with van der Waals surface area (Å²) in [6.45, 7) is 0. The molecule has 10 nitrogen and oxygen atoms in total. The maximum atomic E-state index is 12.0. The Labute approximate surface area is 241 Å². The SMILES string of the molecule is COc1ccc(/C=C/C(=O)c2cccc([N+](=O)[O-])c2)cc1.COc1ccc(/C=C/C(=O)c2cccc([N+](=O)[O-])c2)cc1. The third-order valence-electron chi connectivity index (χ3n) is 5.77. The van der Waals surface area contributed by atoms with Crippen LogP contribution in [0.4, 0.5) is 11.4 Å². The van der Waals surface area contributed by atoms with E-state index in [1.165, 1.54) is 48.6 Å². The Morgan fingerprint density at radius 1 is 0.595 bits per heavy atom. The molecule has 0 N–H and O–H groups in total. The van der Waals surface area contributed by atoms with Gasteiger partial charge < -0.3 is 9.47 Å². The monoisotopic (exact) mass is 566 g/mol. The molecule has 0 atom stereocenters. The van der Waals surface area contributed by atoms with E-state index >= 15 is 0 Å². The van der Waals surface area contributed by atoms with Crippen molar-refractivity contribution in [2.24, 2.45) is 0 Å². The molecule has 4 rings (SSSR count). The number of allylic oxidation sites excluding steroid dienone is 2. The summed E-state index contributed by atoms with van der Waals surface area (Å²) < 4.78 is 10.1. The van der Waals surface area contributed by atoms with E-state index in [2.05, 4.69) is 0 Å². The average Bonchev–Trinajstić information content (AvgIpc) is 3.03. The fourth-order valence-corrected chi connectivity index (χ4v) is 3.51. The third kappa shape index (κ3) is 9.09. The predicted octanol–water partition coefficient (Wildman–Crippen LogP) is 7.00. The van der Waals surface area contributed by atoms with Crippen LogP contribution in [0.25, 0.3) is 12.2 Å². The van der Waals surface area contributed by atoms with Gasteiger partial charge in [0.15, 0.2) is 11.6 Å². The summed E-state index contributed by atoms with van der Waals surface area (Å²) in [5, 5.41) is 21.4. The summed E-state index contributed by atoms with van der Waals surface area (Å²) in [7, 11) is 3.16. The molecule has 0 unspecified atom stereocenters. The molecular formula is C32H26N2O8. The lowest BCUT2D eigenvalue weighted by atomic mass is 10.1. The van der Waals surface area contributed by atoms with E-state index in [0.717, 1.165) is 22.6 Å². The van der Waals surface area contributed by atoms with Crippen LogP contribution in [0.2, 0.25) is 0 Å². The van der Waals surface area contributed by atoms with Crippen LogP contribution in [0.15, 0.2) is 109 Å². The number of benzene rings is 4. The molecule has 0 bridgehead atoms. The van der Waals surface area contributed by atoms with Gasteiger partial charge in [-0.2, -0.15) is 0 Å². The molecule has 0 aromatic heterocycles. The first-order valence-corrected chi connectivity index (χ1v) is 12.4. The van der Waals surface area contributed by atoms with Gasteiger partial charge in [-0.15, -0.1) is 0 Å². The number of non-ortho nitro benzene ring substituents is 2. The predicted molar refractivity (Wildman–Crippen MR) is 159 cm³/mol. The minimum absolute atomic E-state index is 0.0984. The molecule has 4 aromatic carbocycles. The Balaban J connectivity index is 0.000000230. The fourth-order valence-electron chi connectivity index (χ4n) is 3.51. The molecule has 0 saturated heterocycles. The molecular weight excluding hydrogens is 540 g/mol. The maximum absolute atomic E-state index is 12.0. The number of ether oxygens (including phenoxy) is 2. The largest absolute Gasteiger partial charge is 0.497 e. The lowest BCUT2D eigenvalue weighted by molar-refractivity contribution is -0.385. The summed E-state index contributed by atoms with van der Waals surface area (Å²) in [5.74, 6) is 0.901. The first-order valence-electron chi connectivity index (χ1n) is 12.4. The van der Waals surface area contributed by atoms with Crippen LogP contribution in [0, 0.1) is 20.2 Å². The van der Waals surface area contributed by atoms with Crippen LogP contribution in [-0.4, -0.2) is 35.6 Å². The van der Waals surface area contributed by atoms with Crippen LogP contribution in [0.3, 0.4) is 0 Å². The van der Waals surface area contributed by atoms with E-state index in [1.807, 2.05) is 24.3 Å². The number of methoxy groups -OCH3 is 2. The number of hydrogen-bond acceptors (Lipinski definition) is 8. The van der Waals surface area contributed by atoms with Gasteiger partial charge in [-0.3, -0.25) is 29.8 Å². The molecule has 0 fully saturated rings. The molecule has 0 amide bonds. The zero-order chi connectivity index (χ0) is 30.5. The van der Waals surface area contributed by atoms with E-state index in [4.69, 9.17) is 9.47 Å². The summed E-state index contributed by atoms with van der Waals surface area (Å²) in [5.41, 5.74) is 2.06. The smallest absolute Gasteiger partial charge is 0.270 e. The second-order valence-electron chi connectivity index (χ2n) is 8.56. The van der Waals surface area contributed by atoms with Crippen LogP contribution < -0.4 is 9.47 Å². The highest BCUT2D eigenvalue weighted by molar-refractivity contribution is 6.07. The highest BCUT2D eigenvalue weighted by Crippen LogP contribution is 2.17. The van der Waals surface area contributed by atoms with Crippen molar-refractivity contribution < 1.29 is 28.9 Å². The molecule has 42 heavy (non-hydrogen) atoms. The number of carbonyl (C=O) groups is 2. The van der Waals surface area contributed by atoms with Gasteiger partial charge in [-0.1, -0.05) is 60.7 Å². The Kier molecular flexibility index (Phi) is 11.0. The minimum atomic E-state index is -0.524. The van der Waals surface area contributed by atoms with E-state index in [0.29, 0.717) is 0 Å². The van der Waals surface area contributed by atoms with Gasteiger partial charge in [0.2, 0.25) is 0 Å². The van der Waals surface area contributed by atoms with E-state index in [1.54, 1.807) is 62.8 Å². The van der Waals surface area contributed by atoms with Crippen molar-refractivity contribution in [2.45, 2.75) is 0 Å². The molecule has 10 heteroatoms. The van der Waals surface area contributed by atoms with Gasteiger partial charge in [-0.05, 0) is 47.5 Å². The zero-order valence-electron chi connectivity index (χ0n) is 22.7. The van der Waals surface area contributed by atoms with Crippen LogP contribution in [0.5, 0.6) is 11.5 Å². The Morgan fingerprint density at radius 2 is 0.952 bits per heavy atom. The summed E-state index contributed by atoms with van der Waals surface area (Å²) in [6.07, 6.45) is 6.09. The van der Waals surface area contributed by atoms with Crippen molar-refractivity contribution in [1.29, 1.82) is 0 Å². The minimum Gasteiger partial charge on any atom is -0.497 e. The van der Waals surface area contributed by atoms with Gasteiger partial charge in [-0.25, -0.2) is 0 Å². The Bertz CT molecular complexity index is 1500. The third-order valence-corrected chi connectivity index (χ3v) is 5.77. The maximum Gasteiger partial charge on any atom is 0.270 e. The van der Waals surface area contributed by atoms with Crippen LogP contribution in [-0.2, 0) is 0 Å². The normalized spacial score (nSPS) is 10.5. The topological polar surface area (TPSA) is 139 Å². The van der Waals surface area contributed by atoms with Crippen molar-refractivity contribution in [1.82, 2.24) is 0 Å². The quantitative estimate of drug-likeness (QED) is 0.0865. The molecule has 212 valence electrons. The number of ketones is 2. The van der Waals surface area contributed by atoms with Crippen molar-refractivity contribution in [2.75, 3.05) is 14.2 Å². The number of carbonyl (C=O) groups excluding carboxylic acids is 2. The molecule has 0 saturated carbocycles. The van der Waals surface area contributed by atoms with Crippen molar-refractivity contribution in [3.63, 3.8) is 0 Å². The van der Waals surface area contributed by atoms with Gasteiger partial charge in [0.05, 0.1) is 24.1 Å². The Hall–Kier alpha value is -5.90. The van der Waals surface area contributed by atoms with Gasteiger partial charge in [0.1, 0.15) is 11.5 Å². The average molecular weight is 567 g/mol. The van der Waals surface area contributed by atoms with Gasteiger partial charge in [0, 0.05) is 35.4 Å². The van der Waals surface area contributed by atoms with Crippen molar-refractivity contribution >= 4 is 35.1 Å². The van der Waals surface area contributed by atoms with Crippen molar-refractivity contribution in [3.8, 4) is 11.5 Å². The van der Waals surface area contributed by atoms with Gasteiger partial charge in [0.25, 0.3) is 11.4 Å². The number of hydrogen-bond donors (Lipinski definition) is 0. The molecule has 0 aliphatic heterocycles. The molecule has 0 heterocycles. The first kappa shape index (κ1) is 30.6. The highest BCUT2D eigenvalue weighted by Gasteiger charge is 2.10. The molecule has 0 aliphatic carbocycles. The summed E-state index contributed by atoms with van der Waals surface area (Å²) >= 11 is 0. The van der Waals surface area contributed by atoms with E-state index < -0.39 is 9.85 Å². The second kappa shape index (κ2) is 15.0. The Morgan fingerprint density at radius 3 is 1.26 bits per heavy atom. The lowest BCUT2D eigenvalue weighted by Crippen LogP contribution is -1.96. The number of rotatable bonds is 10. The second-order valence-corrected chi connectivity index (χ2v) is 8.56. The fraction of sp³-hybridized carbons (Fsp3) is 0.0625. The first-order chi connectivity index (χ1) is 20.2. The molecule has 0 aliphatic rings. The summed E-state index contributed by atoms with van der Waals surface area (Å²) in [6, 6.07) is 25.7. The van der Waals surface area contributed by atoms with E-state index in [9.17, 15) is 29.8 Å². The highest BCUT2D eigenvalue weighted by atomic mass is 16.6. The van der Waals surface area contributed by atoms with Crippen LogP contribution >= 0.6 is 0 Å². The van der Waals surface area contributed by atoms with Gasteiger partial charge >= 0.3 is 0 Å². The molecule has 4 aromatic rings. The molecule has 0 radical (unpaired) electrons. The number of nitrogens with zero attached hydrogens (tertiary/aromatic N) is 2. The molecule has 0 spiro atoms. The number of nitro groups is 2.